The summed E-state index contributed by atoms with van der Waals surface area (Å²) in [5, 5.41) is 22.4. The Hall–Kier alpha value is -1.31. The Kier molecular flexibility index (Phi) is 6.07. The number of carboxylic acid groups (broad SMARTS) is 1. The summed E-state index contributed by atoms with van der Waals surface area (Å²) >= 11 is 7.13. The summed E-state index contributed by atoms with van der Waals surface area (Å²) in [7, 11) is 0. The van der Waals surface area contributed by atoms with Crippen LogP contribution in [0.3, 0.4) is 0 Å². The first-order chi connectivity index (χ1) is 8.93. The molecule has 1 aromatic heterocycles. The van der Waals surface area contributed by atoms with Gasteiger partial charge in [0.15, 0.2) is 0 Å². The number of hydrogen-bond donors (Lipinski definition) is 4. The predicted octanol–water partition coefficient (Wildman–Crippen LogP) is 1.60. The van der Waals surface area contributed by atoms with Crippen molar-refractivity contribution in [3.05, 3.63) is 21.3 Å². The van der Waals surface area contributed by atoms with Crippen molar-refractivity contribution < 1.29 is 19.8 Å². The molecule has 0 saturated carbocycles. The van der Waals surface area contributed by atoms with Crippen LogP contribution in [0.15, 0.2) is 12.1 Å². The average molecular weight is 307 g/mol. The molecule has 0 aliphatic rings. The highest BCUT2D eigenvalue weighted by molar-refractivity contribution is 7.16. The fourth-order valence-electron chi connectivity index (χ4n) is 1.42. The SMILES string of the molecule is CC(NC(=O)N[C@@H](CCO)C(=O)O)c1ccc(Cl)s1. The standard InChI is InChI=1S/C11H15ClN2O4S/c1-6(8-2-3-9(12)19-8)13-11(18)14-7(4-5-15)10(16)17/h2-3,6-7,15H,4-5H2,1H3,(H,16,17)(H2,13,14,18)/t6?,7-/m0/s1. The molecule has 0 radical (unpaired) electrons. The number of hydrogen-bond acceptors (Lipinski definition) is 4. The molecular formula is C11H15ClN2O4S. The predicted molar refractivity (Wildman–Crippen MR) is 72.5 cm³/mol. The smallest absolute Gasteiger partial charge is 0.326 e. The van der Waals surface area contributed by atoms with E-state index in [4.69, 9.17) is 21.8 Å². The number of aliphatic carboxylic acids is 1. The Morgan fingerprint density at radius 3 is 2.58 bits per heavy atom. The lowest BCUT2D eigenvalue weighted by Gasteiger charge is -2.17. The number of aliphatic hydroxyl groups is 1. The number of nitrogens with one attached hydrogen (secondary N) is 2. The molecule has 0 saturated heterocycles. The van der Waals surface area contributed by atoms with Crippen molar-refractivity contribution in [1.82, 2.24) is 10.6 Å². The van der Waals surface area contributed by atoms with Gasteiger partial charge in [-0.25, -0.2) is 9.59 Å². The van der Waals surface area contributed by atoms with E-state index in [1.165, 1.54) is 11.3 Å². The molecule has 2 atom stereocenters. The molecule has 0 spiro atoms. The number of urea groups is 1. The van der Waals surface area contributed by atoms with Gasteiger partial charge in [-0.15, -0.1) is 11.3 Å². The Labute approximate surface area is 119 Å². The Morgan fingerprint density at radius 2 is 2.11 bits per heavy atom. The van der Waals surface area contributed by atoms with E-state index in [9.17, 15) is 9.59 Å². The molecule has 19 heavy (non-hydrogen) atoms. The third-order valence-corrected chi connectivity index (χ3v) is 3.80. The van der Waals surface area contributed by atoms with E-state index in [1.807, 2.05) is 0 Å². The van der Waals surface area contributed by atoms with Crippen molar-refractivity contribution in [2.24, 2.45) is 0 Å². The molecule has 106 valence electrons. The van der Waals surface area contributed by atoms with Gasteiger partial charge in [0.2, 0.25) is 0 Å². The van der Waals surface area contributed by atoms with Gasteiger partial charge in [-0.3, -0.25) is 0 Å². The highest BCUT2D eigenvalue weighted by atomic mass is 35.5. The lowest BCUT2D eigenvalue weighted by molar-refractivity contribution is -0.139. The normalized spacial score (nSPS) is 13.6. The molecule has 0 aliphatic heterocycles. The maximum atomic E-state index is 11.6. The molecule has 0 bridgehead atoms. The molecular weight excluding hydrogens is 292 g/mol. The molecule has 6 nitrogen and oxygen atoms in total. The minimum atomic E-state index is -1.18. The molecule has 2 amide bonds. The van der Waals surface area contributed by atoms with Gasteiger partial charge in [-0.1, -0.05) is 11.6 Å². The van der Waals surface area contributed by atoms with Crippen LogP contribution in [0.1, 0.15) is 24.3 Å². The number of carbonyl (C=O) groups is 2. The lowest BCUT2D eigenvalue weighted by atomic mass is 10.2. The van der Waals surface area contributed by atoms with Crippen molar-refractivity contribution in [1.29, 1.82) is 0 Å². The second-order valence-corrected chi connectivity index (χ2v) is 5.63. The fraction of sp³-hybridized carbons (Fsp3) is 0.455. The lowest BCUT2D eigenvalue weighted by Crippen LogP contribution is -2.46. The van der Waals surface area contributed by atoms with Gasteiger partial charge in [-0.2, -0.15) is 0 Å². The Morgan fingerprint density at radius 1 is 1.42 bits per heavy atom. The minimum absolute atomic E-state index is 0.0397. The van der Waals surface area contributed by atoms with Gasteiger partial charge in [0.05, 0.1) is 10.4 Å². The first-order valence-electron chi connectivity index (χ1n) is 5.60. The van der Waals surface area contributed by atoms with Gasteiger partial charge in [0.1, 0.15) is 6.04 Å². The van der Waals surface area contributed by atoms with E-state index in [0.29, 0.717) is 4.34 Å². The second-order valence-electron chi connectivity index (χ2n) is 3.88. The summed E-state index contributed by atoms with van der Waals surface area (Å²) in [5.41, 5.74) is 0. The molecule has 8 heteroatoms. The number of halogens is 1. The molecule has 1 heterocycles. The van der Waals surface area contributed by atoms with Crippen molar-refractivity contribution in [3.63, 3.8) is 0 Å². The van der Waals surface area contributed by atoms with Gasteiger partial charge in [0.25, 0.3) is 0 Å². The number of amides is 2. The van der Waals surface area contributed by atoms with Crippen LogP contribution in [0.25, 0.3) is 0 Å². The van der Waals surface area contributed by atoms with Crippen LogP contribution in [-0.4, -0.2) is 34.9 Å². The van der Waals surface area contributed by atoms with Gasteiger partial charge in [-0.05, 0) is 19.1 Å². The van der Waals surface area contributed by atoms with Crippen LogP contribution < -0.4 is 10.6 Å². The number of carboxylic acids is 1. The molecule has 1 aromatic rings. The highest BCUT2D eigenvalue weighted by Gasteiger charge is 2.20. The number of aliphatic hydroxyl groups excluding tert-OH is 1. The van der Waals surface area contributed by atoms with Crippen molar-refractivity contribution in [3.8, 4) is 0 Å². The molecule has 1 unspecified atom stereocenters. The van der Waals surface area contributed by atoms with Gasteiger partial charge < -0.3 is 20.8 Å². The zero-order valence-corrected chi connectivity index (χ0v) is 11.8. The Balaban J connectivity index is 2.52. The van der Waals surface area contributed by atoms with Gasteiger partial charge in [0, 0.05) is 17.9 Å². The van der Waals surface area contributed by atoms with E-state index in [1.54, 1.807) is 19.1 Å². The average Bonchev–Trinajstić information content (AvgIpc) is 2.75. The third kappa shape index (κ3) is 5.06. The summed E-state index contributed by atoms with van der Waals surface area (Å²) < 4.78 is 0.618. The topological polar surface area (TPSA) is 98.7 Å². The van der Waals surface area contributed by atoms with Gasteiger partial charge >= 0.3 is 12.0 Å². The van der Waals surface area contributed by atoms with Crippen LogP contribution in [0, 0.1) is 0 Å². The second kappa shape index (κ2) is 7.32. The molecule has 4 N–H and O–H groups in total. The van der Waals surface area contributed by atoms with Crippen molar-refractivity contribution in [2.75, 3.05) is 6.61 Å². The first kappa shape index (κ1) is 15.7. The van der Waals surface area contributed by atoms with Crippen LogP contribution in [0.2, 0.25) is 4.34 Å². The van der Waals surface area contributed by atoms with Crippen molar-refractivity contribution >= 4 is 34.9 Å². The largest absolute Gasteiger partial charge is 0.480 e. The summed E-state index contributed by atoms with van der Waals surface area (Å²) in [5.74, 6) is -1.18. The van der Waals surface area contributed by atoms with Crippen LogP contribution in [0.5, 0.6) is 0 Å². The monoisotopic (exact) mass is 306 g/mol. The summed E-state index contributed by atoms with van der Waals surface area (Å²) in [4.78, 5) is 23.3. The van der Waals surface area contributed by atoms with Crippen LogP contribution in [0.4, 0.5) is 4.79 Å². The molecule has 0 fully saturated rings. The zero-order chi connectivity index (χ0) is 14.4. The number of carbonyl (C=O) groups excluding carboxylic acids is 1. The third-order valence-electron chi connectivity index (χ3n) is 2.39. The summed E-state index contributed by atoms with van der Waals surface area (Å²) in [6.07, 6.45) is -0.0397. The fourth-order valence-corrected chi connectivity index (χ4v) is 2.48. The van der Waals surface area contributed by atoms with E-state index >= 15 is 0 Å². The molecule has 0 aromatic carbocycles. The van der Waals surface area contributed by atoms with E-state index in [2.05, 4.69) is 10.6 Å². The van der Waals surface area contributed by atoms with E-state index < -0.39 is 18.0 Å². The highest BCUT2D eigenvalue weighted by Crippen LogP contribution is 2.26. The maximum absolute atomic E-state index is 11.6. The van der Waals surface area contributed by atoms with Crippen LogP contribution in [-0.2, 0) is 4.79 Å². The van der Waals surface area contributed by atoms with E-state index in [-0.39, 0.29) is 19.1 Å². The summed E-state index contributed by atoms with van der Waals surface area (Å²) in [6, 6.07) is 1.53. The Bertz CT molecular complexity index is 452. The maximum Gasteiger partial charge on any atom is 0.326 e. The van der Waals surface area contributed by atoms with Crippen molar-refractivity contribution in [2.45, 2.75) is 25.4 Å². The van der Waals surface area contributed by atoms with E-state index in [0.717, 1.165) is 4.88 Å². The first-order valence-corrected chi connectivity index (χ1v) is 6.79. The zero-order valence-electron chi connectivity index (χ0n) is 10.2. The number of rotatable bonds is 6. The molecule has 0 aliphatic carbocycles. The van der Waals surface area contributed by atoms with Crippen LogP contribution >= 0.6 is 22.9 Å². The quantitative estimate of drug-likeness (QED) is 0.641. The minimum Gasteiger partial charge on any atom is -0.480 e. The number of thiophene rings is 1. The molecule has 1 rings (SSSR count). The summed E-state index contributed by atoms with van der Waals surface area (Å²) in [6.45, 7) is 1.46.